The zero-order valence-electron chi connectivity index (χ0n) is 14.8. The number of benzene rings is 1. The largest absolute Gasteiger partial charge is 0.416 e. The monoisotopic (exact) mass is 364 g/mol. The van der Waals surface area contributed by atoms with Crippen molar-refractivity contribution in [1.82, 2.24) is 9.88 Å². The number of alkyl halides is 3. The van der Waals surface area contributed by atoms with Gasteiger partial charge in [0.15, 0.2) is 0 Å². The second-order valence-corrected chi connectivity index (χ2v) is 7.04. The summed E-state index contributed by atoms with van der Waals surface area (Å²) in [4.78, 5) is 17.4. The van der Waals surface area contributed by atoms with Gasteiger partial charge in [-0.2, -0.15) is 13.2 Å². The molecule has 26 heavy (non-hydrogen) atoms. The highest BCUT2D eigenvalue weighted by molar-refractivity contribution is 5.92. The predicted molar refractivity (Wildman–Crippen MR) is 93.9 cm³/mol. The average Bonchev–Trinajstić information content (AvgIpc) is 3.05. The van der Waals surface area contributed by atoms with Crippen molar-refractivity contribution >= 4 is 5.91 Å². The molecule has 0 unspecified atom stereocenters. The number of aromatic nitrogens is 1. The molecule has 1 aliphatic rings. The summed E-state index contributed by atoms with van der Waals surface area (Å²) in [6.45, 7) is 3.22. The molecule has 2 heterocycles. The quantitative estimate of drug-likeness (QED) is 0.829. The lowest BCUT2D eigenvalue weighted by Gasteiger charge is -2.32. The number of aromatic amines is 1. The Kier molecular flexibility index (Phi) is 5.39. The van der Waals surface area contributed by atoms with Gasteiger partial charge in [0, 0.05) is 19.3 Å². The molecule has 1 saturated heterocycles. The SMILES string of the molecule is Cc1c[nH]c(C(=O)N2CCC[C@H](CCc3ccccc3C(F)(F)F)C2)c1. The van der Waals surface area contributed by atoms with E-state index < -0.39 is 11.7 Å². The fourth-order valence-electron chi connectivity index (χ4n) is 3.66. The number of hydrogen-bond donors (Lipinski definition) is 1. The van der Waals surface area contributed by atoms with E-state index in [0.29, 0.717) is 37.2 Å². The summed E-state index contributed by atoms with van der Waals surface area (Å²) >= 11 is 0. The van der Waals surface area contributed by atoms with E-state index in [1.54, 1.807) is 18.3 Å². The minimum atomic E-state index is -4.32. The highest BCUT2D eigenvalue weighted by atomic mass is 19.4. The van der Waals surface area contributed by atoms with Gasteiger partial charge in [-0.1, -0.05) is 18.2 Å². The zero-order valence-corrected chi connectivity index (χ0v) is 14.8. The topological polar surface area (TPSA) is 36.1 Å². The fraction of sp³-hybridized carbons (Fsp3) is 0.450. The molecule has 1 atom stereocenters. The first-order valence-electron chi connectivity index (χ1n) is 8.94. The van der Waals surface area contributed by atoms with Gasteiger partial charge in [-0.15, -0.1) is 0 Å². The maximum atomic E-state index is 13.1. The third-order valence-corrected chi connectivity index (χ3v) is 5.01. The van der Waals surface area contributed by atoms with Gasteiger partial charge >= 0.3 is 6.18 Å². The number of H-pyrrole nitrogens is 1. The minimum absolute atomic E-state index is 0.0292. The summed E-state index contributed by atoms with van der Waals surface area (Å²) in [5.41, 5.74) is 1.37. The van der Waals surface area contributed by atoms with Crippen molar-refractivity contribution in [3.63, 3.8) is 0 Å². The van der Waals surface area contributed by atoms with Crippen LogP contribution in [0.2, 0.25) is 0 Å². The van der Waals surface area contributed by atoms with Crippen molar-refractivity contribution < 1.29 is 18.0 Å². The predicted octanol–water partition coefficient (Wildman–Crippen LogP) is 4.83. The number of hydrogen-bond acceptors (Lipinski definition) is 1. The Morgan fingerprint density at radius 1 is 1.31 bits per heavy atom. The van der Waals surface area contributed by atoms with Gasteiger partial charge in [-0.05, 0) is 61.8 Å². The Bertz CT molecular complexity index is 766. The van der Waals surface area contributed by atoms with E-state index in [2.05, 4.69) is 4.98 Å². The molecule has 1 aromatic heterocycles. The van der Waals surface area contributed by atoms with Gasteiger partial charge in [-0.3, -0.25) is 4.79 Å². The van der Waals surface area contributed by atoms with Crippen LogP contribution in [0.5, 0.6) is 0 Å². The summed E-state index contributed by atoms with van der Waals surface area (Å²) in [5.74, 6) is 0.198. The van der Waals surface area contributed by atoms with Crippen molar-refractivity contribution in [2.75, 3.05) is 13.1 Å². The number of rotatable bonds is 4. The normalized spacial score (nSPS) is 18.2. The molecule has 1 aliphatic heterocycles. The molecule has 1 fully saturated rings. The number of piperidine rings is 1. The first-order chi connectivity index (χ1) is 12.3. The van der Waals surface area contributed by atoms with E-state index >= 15 is 0 Å². The van der Waals surface area contributed by atoms with Crippen LogP contribution in [0.3, 0.4) is 0 Å². The number of aryl methyl sites for hydroxylation is 2. The number of nitrogens with one attached hydrogen (secondary N) is 1. The first kappa shape index (κ1) is 18.5. The zero-order chi connectivity index (χ0) is 18.7. The number of nitrogens with zero attached hydrogens (tertiary/aromatic N) is 1. The van der Waals surface area contributed by atoms with Crippen LogP contribution >= 0.6 is 0 Å². The Morgan fingerprint density at radius 3 is 2.77 bits per heavy atom. The second kappa shape index (κ2) is 7.56. The van der Waals surface area contributed by atoms with Crippen molar-refractivity contribution in [2.24, 2.45) is 5.92 Å². The van der Waals surface area contributed by atoms with Crippen molar-refractivity contribution in [2.45, 2.75) is 38.8 Å². The highest BCUT2D eigenvalue weighted by Crippen LogP contribution is 2.33. The number of likely N-dealkylation sites (tertiary alicyclic amines) is 1. The number of amides is 1. The number of carbonyl (C=O) groups excluding carboxylic acids is 1. The maximum Gasteiger partial charge on any atom is 0.416 e. The van der Waals surface area contributed by atoms with Gasteiger partial charge in [0.2, 0.25) is 0 Å². The molecule has 3 rings (SSSR count). The lowest BCUT2D eigenvalue weighted by atomic mass is 9.90. The third kappa shape index (κ3) is 4.29. The van der Waals surface area contributed by atoms with Crippen LogP contribution in [0.15, 0.2) is 36.5 Å². The molecule has 6 heteroatoms. The molecule has 3 nitrogen and oxygen atoms in total. The summed E-state index contributed by atoms with van der Waals surface area (Å²) in [6.07, 6.45) is 0.336. The molecule has 1 N–H and O–H groups in total. The van der Waals surface area contributed by atoms with E-state index in [-0.39, 0.29) is 11.8 Å². The summed E-state index contributed by atoms with van der Waals surface area (Å²) in [5, 5.41) is 0. The standard InChI is InChI=1S/C20H23F3N2O/c1-14-11-18(24-12-14)19(26)25-10-4-5-15(13-25)8-9-16-6-2-3-7-17(16)20(21,22)23/h2-3,6-7,11-12,15,24H,4-5,8-10,13H2,1H3/t15-/m1/s1. The van der Waals surface area contributed by atoms with Crippen LogP contribution in [0.1, 0.15) is 46.4 Å². The molecule has 0 aliphatic carbocycles. The van der Waals surface area contributed by atoms with Crippen molar-refractivity contribution in [3.05, 3.63) is 58.9 Å². The van der Waals surface area contributed by atoms with Crippen LogP contribution < -0.4 is 0 Å². The fourth-order valence-corrected chi connectivity index (χ4v) is 3.66. The molecule has 1 amide bonds. The number of halogens is 3. The smallest absolute Gasteiger partial charge is 0.357 e. The molecular formula is C20H23F3N2O. The average molecular weight is 364 g/mol. The van der Waals surface area contributed by atoms with Gasteiger partial charge in [-0.25, -0.2) is 0 Å². The van der Waals surface area contributed by atoms with Gasteiger partial charge in [0.25, 0.3) is 5.91 Å². The van der Waals surface area contributed by atoms with E-state index in [0.717, 1.165) is 24.5 Å². The van der Waals surface area contributed by atoms with Crippen LogP contribution in [-0.2, 0) is 12.6 Å². The lowest BCUT2D eigenvalue weighted by Crippen LogP contribution is -2.40. The third-order valence-electron chi connectivity index (χ3n) is 5.01. The van der Waals surface area contributed by atoms with Gasteiger partial charge in [0.05, 0.1) is 5.56 Å². The van der Waals surface area contributed by atoms with Gasteiger partial charge < -0.3 is 9.88 Å². The van der Waals surface area contributed by atoms with Crippen LogP contribution in [-0.4, -0.2) is 28.9 Å². The molecule has 0 saturated carbocycles. The van der Waals surface area contributed by atoms with E-state index in [1.165, 1.54) is 6.07 Å². The molecule has 0 spiro atoms. The Hall–Kier alpha value is -2.24. The summed E-state index contributed by atoms with van der Waals surface area (Å²) < 4.78 is 39.3. The molecule has 0 bridgehead atoms. The minimum Gasteiger partial charge on any atom is -0.357 e. The van der Waals surface area contributed by atoms with E-state index in [1.807, 2.05) is 17.9 Å². The molecule has 0 radical (unpaired) electrons. The molecular weight excluding hydrogens is 341 g/mol. The molecule has 2 aromatic rings. The molecule has 140 valence electrons. The summed E-state index contributed by atoms with van der Waals surface area (Å²) in [6, 6.07) is 7.59. The second-order valence-electron chi connectivity index (χ2n) is 7.04. The number of carbonyl (C=O) groups is 1. The van der Waals surface area contributed by atoms with Gasteiger partial charge in [0.1, 0.15) is 5.69 Å². The van der Waals surface area contributed by atoms with E-state index in [4.69, 9.17) is 0 Å². The highest BCUT2D eigenvalue weighted by Gasteiger charge is 2.33. The Labute approximate surface area is 151 Å². The van der Waals surface area contributed by atoms with Crippen molar-refractivity contribution in [3.8, 4) is 0 Å². The lowest BCUT2D eigenvalue weighted by molar-refractivity contribution is -0.138. The van der Waals surface area contributed by atoms with Crippen molar-refractivity contribution in [1.29, 1.82) is 0 Å². The summed E-state index contributed by atoms with van der Waals surface area (Å²) in [7, 11) is 0. The Balaban J connectivity index is 1.62. The first-order valence-corrected chi connectivity index (χ1v) is 8.94. The van der Waals surface area contributed by atoms with Crippen LogP contribution in [0.4, 0.5) is 13.2 Å². The van der Waals surface area contributed by atoms with Crippen LogP contribution in [0.25, 0.3) is 0 Å². The molecule has 1 aromatic carbocycles. The Morgan fingerprint density at radius 2 is 2.08 bits per heavy atom. The van der Waals surface area contributed by atoms with Crippen LogP contribution in [0, 0.1) is 12.8 Å². The maximum absolute atomic E-state index is 13.1. The van der Waals surface area contributed by atoms with E-state index in [9.17, 15) is 18.0 Å².